The summed E-state index contributed by atoms with van der Waals surface area (Å²) in [4.78, 5) is 39.4. The number of amides is 1. The Hall–Kier alpha value is -3.67. The molecule has 12 heteroatoms. The number of ether oxygens (including phenoxy) is 1. The zero-order valence-corrected chi connectivity index (χ0v) is 15.8. The molecule has 2 heterocycles. The highest BCUT2D eigenvalue weighted by molar-refractivity contribution is 5.79. The summed E-state index contributed by atoms with van der Waals surface area (Å²) in [5.41, 5.74) is 1.25. The highest BCUT2D eigenvalue weighted by Gasteiger charge is 2.38. The second-order valence-electron chi connectivity index (χ2n) is 6.33. The number of nitrogens with zero attached hydrogens (tertiary/aromatic N) is 2. The van der Waals surface area contributed by atoms with E-state index in [2.05, 4.69) is 10.3 Å². The van der Waals surface area contributed by atoms with Crippen LogP contribution in [0.4, 0.5) is 18.0 Å². The lowest BCUT2D eigenvalue weighted by molar-refractivity contribution is -0.192. The number of carboxylic acids is 1. The molecular weight excluding hydrogens is 423 g/mol. The second-order valence-corrected chi connectivity index (χ2v) is 6.33. The summed E-state index contributed by atoms with van der Waals surface area (Å²) in [6, 6.07) is 10.1. The third-order valence-corrected chi connectivity index (χ3v) is 4.18. The molecule has 164 valence electrons. The van der Waals surface area contributed by atoms with Gasteiger partial charge in [-0.2, -0.15) is 13.2 Å². The maximum atomic E-state index is 12.3. The number of hydrogen-bond acceptors (Lipinski definition) is 7. The largest absolute Gasteiger partial charge is 0.490 e. The lowest BCUT2D eigenvalue weighted by Gasteiger charge is -2.26. The van der Waals surface area contributed by atoms with Gasteiger partial charge in [-0.1, -0.05) is 12.1 Å². The first kappa shape index (κ1) is 22.0. The molecule has 9 nitrogen and oxygen atoms in total. The second kappa shape index (κ2) is 9.00. The average Bonchev–Trinajstić information content (AvgIpc) is 2.75. The van der Waals surface area contributed by atoms with Crippen molar-refractivity contribution in [3.05, 3.63) is 46.6 Å². The van der Waals surface area contributed by atoms with E-state index < -0.39 is 23.7 Å². The Kier molecular flexibility index (Phi) is 6.39. The summed E-state index contributed by atoms with van der Waals surface area (Å²) in [6.45, 7) is 2.48. The summed E-state index contributed by atoms with van der Waals surface area (Å²) in [7, 11) is 0. The van der Waals surface area contributed by atoms with Crippen molar-refractivity contribution in [1.29, 1.82) is 0 Å². The molecule has 3 aliphatic rings. The van der Waals surface area contributed by atoms with Gasteiger partial charge in [-0.05, 0) is 24.3 Å². The molecule has 1 fully saturated rings. The van der Waals surface area contributed by atoms with Crippen molar-refractivity contribution in [2.75, 3.05) is 26.2 Å². The van der Waals surface area contributed by atoms with Crippen molar-refractivity contribution in [3.63, 3.8) is 0 Å². The summed E-state index contributed by atoms with van der Waals surface area (Å²) in [6.07, 6.45) is -5.63. The highest BCUT2D eigenvalue weighted by atomic mass is 19.4. The van der Waals surface area contributed by atoms with Gasteiger partial charge in [-0.15, -0.1) is 0 Å². The molecule has 0 radical (unpaired) electrons. The average molecular weight is 439 g/mol. The van der Waals surface area contributed by atoms with Crippen LogP contribution in [0.3, 0.4) is 0 Å². The van der Waals surface area contributed by atoms with Gasteiger partial charge in [-0.3, -0.25) is 4.79 Å². The number of halogens is 3. The van der Waals surface area contributed by atoms with Crippen molar-refractivity contribution < 1.29 is 37.0 Å². The van der Waals surface area contributed by atoms with Gasteiger partial charge in [0, 0.05) is 26.2 Å². The van der Waals surface area contributed by atoms with Gasteiger partial charge >= 0.3 is 18.2 Å². The van der Waals surface area contributed by atoms with Crippen LogP contribution >= 0.6 is 0 Å². The number of aromatic nitrogens is 1. The van der Waals surface area contributed by atoms with Crippen molar-refractivity contribution in [2.24, 2.45) is 0 Å². The van der Waals surface area contributed by atoms with Gasteiger partial charge in [0.15, 0.2) is 11.3 Å². The number of rotatable bonds is 1. The minimum Gasteiger partial charge on any atom is -0.475 e. The van der Waals surface area contributed by atoms with Crippen LogP contribution in [0.2, 0.25) is 0 Å². The zero-order chi connectivity index (χ0) is 22.6. The fraction of sp³-hybridized carbons (Fsp3) is 0.263. The van der Waals surface area contributed by atoms with E-state index in [1.807, 2.05) is 18.2 Å². The molecule has 0 bridgehead atoms. The van der Waals surface area contributed by atoms with E-state index in [0.29, 0.717) is 43.0 Å². The Labute approximate surface area is 172 Å². The van der Waals surface area contributed by atoms with Gasteiger partial charge in [0.25, 0.3) is 0 Å². The number of carboxylic acid groups (broad SMARTS) is 1. The standard InChI is InChI=1S/C17H15N3O4.C2HF3O2/c21-13-6-5-12-15(23-14-4-2-1-3-11(14)19-12)16(13)24-17(22)20-9-7-18-8-10-20;3-2(4,5)1(6)7/h1-6,18H,7-10H2;(H,6,7). The zero-order valence-electron chi connectivity index (χ0n) is 15.8. The van der Waals surface area contributed by atoms with Gasteiger partial charge in [0.2, 0.25) is 11.2 Å². The number of nitrogens with one attached hydrogen (secondary N) is 1. The predicted molar refractivity (Wildman–Crippen MR) is 101 cm³/mol. The monoisotopic (exact) mass is 439 g/mol. The van der Waals surface area contributed by atoms with Gasteiger partial charge < -0.3 is 24.5 Å². The van der Waals surface area contributed by atoms with Crippen molar-refractivity contribution >= 4 is 23.2 Å². The van der Waals surface area contributed by atoms with E-state index in [9.17, 15) is 22.8 Å². The number of carbonyl (C=O) groups excluding carboxylic acids is 1. The van der Waals surface area contributed by atoms with Crippen LogP contribution < -0.4 is 15.5 Å². The van der Waals surface area contributed by atoms with E-state index in [1.165, 1.54) is 6.07 Å². The number of para-hydroxylation sites is 2. The lowest BCUT2D eigenvalue weighted by Crippen LogP contribution is -2.47. The van der Waals surface area contributed by atoms with E-state index in [4.69, 9.17) is 19.1 Å². The number of aliphatic carboxylic acids is 1. The molecule has 1 saturated heterocycles. The molecule has 0 unspecified atom stereocenters. The predicted octanol–water partition coefficient (Wildman–Crippen LogP) is 2.33. The summed E-state index contributed by atoms with van der Waals surface area (Å²) < 4.78 is 42.9. The molecule has 1 aromatic rings. The molecule has 0 saturated carbocycles. The van der Waals surface area contributed by atoms with Crippen molar-refractivity contribution in [3.8, 4) is 17.2 Å². The number of hydrogen-bond donors (Lipinski definition) is 2. The Morgan fingerprint density at radius 3 is 2.42 bits per heavy atom. The topological polar surface area (TPSA) is 122 Å². The Morgan fingerprint density at radius 2 is 1.77 bits per heavy atom. The molecule has 2 N–H and O–H groups in total. The molecule has 4 rings (SSSR count). The molecule has 0 aromatic heterocycles. The number of piperazine rings is 1. The molecule has 1 aliphatic carbocycles. The fourth-order valence-electron chi connectivity index (χ4n) is 2.69. The first-order valence-electron chi connectivity index (χ1n) is 8.97. The number of benzene rings is 2. The first-order valence-corrected chi connectivity index (χ1v) is 8.97. The smallest absolute Gasteiger partial charge is 0.475 e. The summed E-state index contributed by atoms with van der Waals surface area (Å²) in [5, 5.41) is 10.3. The minimum atomic E-state index is -5.08. The fourth-order valence-corrected chi connectivity index (χ4v) is 2.69. The van der Waals surface area contributed by atoms with Crippen LogP contribution in [-0.4, -0.2) is 59.4 Å². The van der Waals surface area contributed by atoms with Gasteiger partial charge in [0.1, 0.15) is 11.2 Å². The van der Waals surface area contributed by atoms with Crippen molar-refractivity contribution in [1.82, 2.24) is 15.2 Å². The van der Waals surface area contributed by atoms with E-state index >= 15 is 0 Å². The first-order chi connectivity index (χ1) is 14.7. The third kappa shape index (κ3) is 5.28. The van der Waals surface area contributed by atoms with Gasteiger partial charge in [-0.25, -0.2) is 14.6 Å². The van der Waals surface area contributed by atoms with Gasteiger partial charge in [0.05, 0.1) is 0 Å². The minimum absolute atomic E-state index is 0.116. The molecular formula is C19H16F3N3O6. The SMILES string of the molecule is O=C(O)C(F)(F)F.O=C(Oc1c2oc3ccccc3nc-2ccc1=O)N1CCNCC1. The molecule has 1 amide bonds. The number of fused-ring (bicyclic) bond motifs is 2. The maximum Gasteiger partial charge on any atom is 0.490 e. The van der Waals surface area contributed by atoms with E-state index in [1.54, 1.807) is 17.0 Å². The number of carbonyl (C=O) groups is 2. The third-order valence-electron chi connectivity index (χ3n) is 4.18. The highest BCUT2D eigenvalue weighted by Crippen LogP contribution is 2.30. The Balaban J connectivity index is 0.000000339. The molecule has 0 spiro atoms. The van der Waals surface area contributed by atoms with Crippen LogP contribution in [0.25, 0.3) is 22.6 Å². The van der Waals surface area contributed by atoms with Crippen LogP contribution in [0, 0.1) is 0 Å². The van der Waals surface area contributed by atoms with E-state index in [0.717, 1.165) is 0 Å². The van der Waals surface area contributed by atoms with Crippen LogP contribution in [-0.2, 0) is 4.79 Å². The molecule has 1 aromatic carbocycles. The lowest BCUT2D eigenvalue weighted by atomic mass is 10.2. The van der Waals surface area contributed by atoms with E-state index in [-0.39, 0.29) is 11.5 Å². The number of alkyl halides is 3. The Morgan fingerprint density at radius 1 is 1.13 bits per heavy atom. The quantitative estimate of drug-likeness (QED) is 0.554. The molecule has 0 atom stereocenters. The molecule has 2 aliphatic heterocycles. The molecule has 31 heavy (non-hydrogen) atoms. The summed E-state index contributed by atoms with van der Waals surface area (Å²) in [5.74, 6) is -2.69. The van der Waals surface area contributed by atoms with Crippen molar-refractivity contribution in [2.45, 2.75) is 6.18 Å². The summed E-state index contributed by atoms with van der Waals surface area (Å²) >= 11 is 0. The normalized spacial score (nSPS) is 14.1. The van der Waals surface area contributed by atoms with Crippen LogP contribution in [0.5, 0.6) is 5.75 Å². The van der Waals surface area contributed by atoms with Crippen LogP contribution in [0.15, 0.2) is 45.6 Å². The maximum absolute atomic E-state index is 12.3. The Bertz CT molecular complexity index is 1120. The van der Waals surface area contributed by atoms with Crippen LogP contribution in [0.1, 0.15) is 0 Å².